The topological polar surface area (TPSA) is 93.2 Å². The number of halogens is 2. The van der Waals surface area contributed by atoms with E-state index in [0.717, 1.165) is 12.8 Å². The van der Waals surface area contributed by atoms with Gasteiger partial charge in [0.15, 0.2) is 6.61 Å². The molecule has 146 valence electrons. The molecule has 1 heterocycles. The van der Waals surface area contributed by atoms with E-state index in [1.807, 2.05) is 0 Å². The lowest BCUT2D eigenvalue weighted by molar-refractivity contribution is -0.124. The van der Waals surface area contributed by atoms with Crippen LogP contribution in [-0.2, 0) is 4.79 Å². The zero-order chi connectivity index (χ0) is 19.7. The Bertz CT molecular complexity index is 903. The Labute approximate surface area is 171 Å². The standard InChI is InChI=1S/C19H18Cl2N4O3/c20-13-2-1-12(5-14(13)21)28-10-17(26)24-15-8-19(6-11(15)7-19)25-18(27)16-9-22-3-4-23-16/h1-5,9,11,15H,6-8,10H2,(H,24,26)(H,25,27)/t11?,15-,19?/m0/s1. The number of aromatic nitrogens is 2. The van der Waals surface area contributed by atoms with Crippen LogP contribution in [-0.4, -0.2) is 40.0 Å². The molecule has 3 fully saturated rings. The smallest absolute Gasteiger partial charge is 0.271 e. The average molecular weight is 421 g/mol. The van der Waals surface area contributed by atoms with Crippen molar-refractivity contribution < 1.29 is 14.3 Å². The van der Waals surface area contributed by atoms with Gasteiger partial charge in [-0.3, -0.25) is 14.6 Å². The first kappa shape index (κ1) is 19.0. The van der Waals surface area contributed by atoms with Gasteiger partial charge >= 0.3 is 0 Å². The summed E-state index contributed by atoms with van der Waals surface area (Å²) in [5.41, 5.74) is 0.0183. The predicted molar refractivity (Wildman–Crippen MR) is 103 cm³/mol. The van der Waals surface area contributed by atoms with E-state index < -0.39 is 0 Å². The maximum atomic E-state index is 12.3. The van der Waals surface area contributed by atoms with Gasteiger partial charge in [-0.1, -0.05) is 23.2 Å². The van der Waals surface area contributed by atoms with Gasteiger partial charge in [-0.25, -0.2) is 4.98 Å². The molecular formula is C19H18Cl2N4O3. The second kappa shape index (κ2) is 7.56. The van der Waals surface area contributed by atoms with Gasteiger partial charge in [-0.15, -0.1) is 0 Å². The van der Waals surface area contributed by atoms with E-state index in [4.69, 9.17) is 27.9 Å². The highest BCUT2D eigenvalue weighted by Gasteiger charge is 2.57. The SMILES string of the molecule is O=C(COc1ccc(Cl)c(Cl)c1)N[C@H]1CC2(NC(=O)c3cnccn3)CC1C2. The fourth-order valence-electron chi connectivity index (χ4n) is 3.99. The summed E-state index contributed by atoms with van der Waals surface area (Å²) in [7, 11) is 0. The van der Waals surface area contributed by atoms with Crippen LogP contribution >= 0.6 is 23.2 Å². The van der Waals surface area contributed by atoms with Crippen molar-refractivity contribution in [3.8, 4) is 5.75 Å². The third-order valence-corrected chi connectivity index (χ3v) is 6.01. The van der Waals surface area contributed by atoms with Crippen LogP contribution in [0.2, 0.25) is 10.0 Å². The predicted octanol–water partition coefficient (Wildman–Crippen LogP) is 2.63. The minimum absolute atomic E-state index is 0.0204. The van der Waals surface area contributed by atoms with E-state index in [1.165, 1.54) is 18.6 Å². The van der Waals surface area contributed by atoms with E-state index in [-0.39, 0.29) is 30.0 Å². The molecule has 2 aromatic rings. The molecule has 1 atom stereocenters. The molecule has 28 heavy (non-hydrogen) atoms. The van der Waals surface area contributed by atoms with Crippen molar-refractivity contribution >= 4 is 35.0 Å². The monoisotopic (exact) mass is 420 g/mol. The van der Waals surface area contributed by atoms with Crippen LogP contribution in [0.4, 0.5) is 0 Å². The molecular weight excluding hydrogens is 403 g/mol. The summed E-state index contributed by atoms with van der Waals surface area (Å²) in [5.74, 6) is 0.393. The Hall–Kier alpha value is -2.38. The number of hydrogen-bond acceptors (Lipinski definition) is 5. The van der Waals surface area contributed by atoms with Crippen molar-refractivity contribution in [2.24, 2.45) is 5.92 Å². The van der Waals surface area contributed by atoms with Crippen LogP contribution < -0.4 is 15.4 Å². The molecule has 1 aromatic heterocycles. The van der Waals surface area contributed by atoms with Crippen LogP contribution in [0.1, 0.15) is 29.8 Å². The third kappa shape index (κ3) is 3.91. The Morgan fingerprint density at radius 2 is 2.00 bits per heavy atom. The number of nitrogens with zero attached hydrogens (tertiary/aromatic N) is 2. The second-order valence-electron chi connectivity index (χ2n) is 7.24. The normalized spacial score (nSPS) is 24.9. The highest BCUT2D eigenvalue weighted by molar-refractivity contribution is 6.42. The first-order valence-electron chi connectivity index (χ1n) is 8.90. The summed E-state index contributed by atoms with van der Waals surface area (Å²) < 4.78 is 5.47. The van der Waals surface area contributed by atoms with Crippen molar-refractivity contribution in [2.45, 2.75) is 30.8 Å². The lowest BCUT2D eigenvalue weighted by Gasteiger charge is -2.38. The summed E-state index contributed by atoms with van der Waals surface area (Å²) >= 11 is 11.8. The number of benzene rings is 1. The minimum atomic E-state index is -0.276. The molecule has 2 bridgehead atoms. The summed E-state index contributed by atoms with van der Waals surface area (Å²) in [6.07, 6.45) is 6.84. The number of ether oxygens (including phenoxy) is 1. The van der Waals surface area contributed by atoms with Gasteiger partial charge in [-0.05, 0) is 37.3 Å². The fourth-order valence-corrected chi connectivity index (χ4v) is 4.28. The molecule has 0 spiro atoms. The summed E-state index contributed by atoms with van der Waals surface area (Å²) in [6.45, 7) is -0.111. The van der Waals surface area contributed by atoms with E-state index in [0.29, 0.717) is 33.8 Å². The number of rotatable bonds is 6. The van der Waals surface area contributed by atoms with Gasteiger partial charge in [0, 0.05) is 30.0 Å². The van der Waals surface area contributed by atoms with Crippen LogP contribution in [0.15, 0.2) is 36.8 Å². The lowest BCUT2D eigenvalue weighted by atomic mass is 9.76. The van der Waals surface area contributed by atoms with Crippen LogP contribution in [0, 0.1) is 5.92 Å². The largest absolute Gasteiger partial charge is 0.484 e. The van der Waals surface area contributed by atoms with Crippen molar-refractivity contribution in [1.29, 1.82) is 0 Å². The molecule has 0 unspecified atom stereocenters. The molecule has 3 saturated carbocycles. The van der Waals surface area contributed by atoms with Crippen molar-refractivity contribution in [3.63, 3.8) is 0 Å². The van der Waals surface area contributed by atoms with E-state index >= 15 is 0 Å². The minimum Gasteiger partial charge on any atom is -0.484 e. The van der Waals surface area contributed by atoms with Crippen LogP contribution in [0.5, 0.6) is 5.75 Å². The molecule has 2 amide bonds. The van der Waals surface area contributed by atoms with Crippen LogP contribution in [0.25, 0.3) is 0 Å². The Morgan fingerprint density at radius 1 is 1.18 bits per heavy atom. The number of fused-ring (bicyclic) bond motifs is 1. The molecule has 9 heteroatoms. The number of nitrogens with one attached hydrogen (secondary N) is 2. The fraction of sp³-hybridized carbons (Fsp3) is 0.368. The maximum Gasteiger partial charge on any atom is 0.271 e. The van der Waals surface area contributed by atoms with Crippen LogP contribution in [0.3, 0.4) is 0 Å². The highest BCUT2D eigenvalue weighted by Crippen LogP contribution is 2.52. The summed E-state index contributed by atoms with van der Waals surface area (Å²) in [5, 5.41) is 6.86. The first-order valence-corrected chi connectivity index (χ1v) is 9.65. The lowest BCUT2D eigenvalue weighted by Crippen LogP contribution is -2.52. The summed E-state index contributed by atoms with van der Waals surface area (Å²) in [6, 6.07) is 4.87. The number of carbonyl (C=O) groups is 2. The Balaban J connectivity index is 1.27. The van der Waals surface area contributed by atoms with Gasteiger partial charge in [0.1, 0.15) is 11.4 Å². The van der Waals surface area contributed by atoms with Gasteiger partial charge in [0.2, 0.25) is 0 Å². The molecule has 3 aliphatic rings. The van der Waals surface area contributed by atoms with Crippen molar-refractivity contribution in [3.05, 3.63) is 52.5 Å². The second-order valence-corrected chi connectivity index (χ2v) is 8.05. The van der Waals surface area contributed by atoms with E-state index in [1.54, 1.807) is 18.2 Å². The maximum absolute atomic E-state index is 12.3. The number of amides is 2. The summed E-state index contributed by atoms with van der Waals surface area (Å²) in [4.78, 5) is 32.5. The Kier molecular flexibility index (Phi) is 5.12. The number of hydrogen-bond donors (Lipinski definition) is 2. The van der Waals surface area contributed by atoms with Crippen molar-refractivity contribution in [2.75, 3.05) is 6.61 Å². The Morgan fingerprint density at radius 3 is 2.71 bits per heavy atom. The molecule has 0 radical (unpaired) electrons. The van der Waals surface area contributed by atoms with Gasteiger partial charge in [0.25, 0.3) is 11.8 Å². The average Bonchev–Trinajstić information content (AvgIpc) is 3.17. The molecule has 3 aliphatic carbocycles. The highest BCUT2D eigenvalue weighted by atomic mass is 35.5. The first-order chi connectivity index (χ1) is 13.4. The molecule has 0 saturated heterocycles. The van der Waals surface area contributed by atoms with Gasteiger partial charge in [-0.2, -0.15) is 0 Å². The molecule has 0 aliphatic heterocycles. The van der Waals surface area contributed by atoms with Gasteiger partial charge in [0.05, 0.1) is 16.2 Å². The van der Waals surface area contributed by atoms with E-state index in [2.05, 4.69) is 20.6 Å². The number of carbonyl (C=O) groups excluding carboxylic acids is 2. The zero-order valence-electron chi connectivity index (χ0n) is 14.8. The molecule has 7 nitrogen and oxygen atoms in total. The zero-order valence-corrected chi connectivity index (χ0v) is 16.3. The van der Waals surface area contributed by atoms with Crippen molar-refractivity contribution in [1.82, 2.24) is 20.6 Å². The third-order valence-electron chi connectivity index (χ3n) is 5.27. The van der Waals surface area contributed by atoms with Gasteiger partial charge < -0.3 is 15.4 Å². The quantitative estimate of drug-likeness (QED) is 0.748. The molecule has 2 N–H and O–H groups in total. The molecule has 1 aromatic carbocycles. The molecule has 5 rings (SSSR count). The van der Waals surface area contributed by atoms with E-state index in [9.17, 15) is 9.59 Å².